The monoisotopic (exact) mass is 298 g/mol. The average Bonchev–Trinajstić information content (AvgIpc) is 2.49. The number of methoxy groups -OCH3 is 1. The molecule has 116 valence electrons. The summed E-state index contributed by atoms with van der Waals surface area (Å²) in [4.78, 5) is 11.6. The minimum absolute atomic E-state index is 0.150. The Morgan fingerprint density at radius 2 is 2.24 bits per heavy atom. The zero-order valence-corrected chi connectivity index (χ0v) is 12.1. The fraction of sp³-hybridized carbons (Fsp3) is 0.429. The van der Waals surface area contributed by atoms with Crippen LogP contribution in [-0.2, 0) is 9.53 Å². The smallest absolute Gasteiger partial charge is 0.257 e. The molecule has 1 rings (SSSR count). The Bertz CT molecular complexity index is 506. The van der Waals surface area contributed by atoms with Crippen molar-refractivity contribution < 1.29 is 23.9 Å². The zero-order valence-electron chi connectivity index (χ0n) is 12.1. The van der Waals surface area contributed by atoms with Crippen molar-refractivity contribution in [3.8, 4) is 5.75 Å². The van der Waals surface area contributed by atoms with E-state index in [2.05, 4.69) is 10.5 Å². The largest absolute Gasteiger partial charge is 0.483 e. The molecule has 0 unspecified atom stereocenters. The molecule has 0 fully saturated rings. The molecule has 21 heavy (non-hydrogen) atoms. The number of ether oxygens (including phenoxy) is 2. The van der Waals surface area contributed by atoms with Gasteiger partial charge in [0.25, 0.3) is 5.91 Å². The van der Waals surface area contributed by atoms with Gasteiger partial charge in [0.05, 0.1) is 5.71 Å². The zero-order chi connectivity index (χ0) is 15.7. The molecule has 7 heteroatoms. The standard InChI is InChI=1S/C14H19FN2O4/c1-10(17-19)12-5-4-11(15)8-13(12)21-9-14(18)16-6-3-7-20-2/h4-5,8,19H,3,6-7,9H2,1-2H3,(H,16,18). The van der Waals surface area contributed by atoms with Crippen LogP contribution in [0.15, 0.2) is 23.4 Å². The van der Waals surface area contributed by atoms with Gasteiger partial charge in [-0.05, 0) is 25.5 Å². The van der Waals surface area contributed by atoms with Gasteiger partial charge in [-0.2, -0.15) is 0 Å². The quantitative estimate of drug-likeness (QED) is 0.330. The molecule has 1 aromatic rings. The van der Waals surface area contributed by atoms with E-state index >= 15 is 0 Å². The number of nitrogens with zero attached hydrogens (tertiary/aromatic N) is 1. The number of rotatable bonds is 8. The molecule has 0 saturated carbocycles. The van der Waals surface area contributed by atoms with Crippen molar-refractivity contribution in [3.63, 3.8) is 0 Å². The SMILES string of the molecule is COCCCNC(=O)COc1cc(F)ccc1C(C)=NO. The van der Waals surface area contributed by atoms with Crippen molar-refractivity contribution in [1.29, 1.82) is 0 Å². The normalized spacial score (nSPS) is 11.3. The van der Waals surface area contributed by atoms with Crippen LogP contribution in [0.4, 0.5) is 4.39 Å². The fourth-order valence-corrected chi connectivity index (χ4v) is 1.61. The van der Waals surface area contributed by atoms with Crippen molar-refractivity contribution in [3.05, 3.63) is 29.6 Å². The molecular formula is C14H19FN2O4. The maximum absolute atomic E-state index is 13.2. The number of oxime groups is 1. The minimum Gasteiger partial charge on any atom is -0.483 e. The fourth-order valence-electron chi connectivity index (χ4n) is 1.61. The van der Waals surface area contributed by atoms with Crippen LogP contribution >= 0.6 is 0 Å². The van der Waals surface area contributed by atoms with Gasteiger partial charge in [-0.15, -0.1) is 0 Å². The van der Waals surface area contributed by atoms with Gasteiger partial charge in [0.2, 0.25) is 0 Å². The highest BCUT2D eigenvalue weighted by Crippen LogP contribution is 2.20. The summed E-state index contributed by atoms with van der Waals surface area (Å²) in [6.45, 7) is 2.33. The maximum atomic E-state index is 13.2. The molecule has 0 spiro atoms. The number of carbonyl (C=O) groups excluding carboxylic acids is 1. The van der Waals surface area contributed by atoms with E-state index in [1.165, 1.54) is 12.1 Å². The Kier molecular flexibility index (Phi) is 7.17. The summed E-state index contributed by atoms with van der Waals surface area (Å²) in [5.41, 5.74) is 0.691. The van der Waals surface area contributed by atoms with Crippen LogP contribution < -0.4 is 10.1 Å². The second-order valence-electron chi connectivity index (χ2n) is 4.31. The molecule has 0 bridgehead atoms. The van der Waals surface area contributed by atoms with Crippen LogP contribution in [0.25, 0.3) is 0 Å². The van der Waals surface area contributed by atoms with Crippen molar-refractivity contribution in [2.24, 2.45) is 5.16 Å². The first-order valence-corrected chi connectivity index (χ1v) is 6.45. The number of halogens is 1. The number of hydrogen-bond donors (Lipinski definition) is 2. The van der Waals surface area contributed by atoms with Gasteiger partial charge in [-0.1, -0.05) is 5.16 Å². The summed E-state index contributed by atoms with van der Waals surface area (Å²) in [6, 6.07) is 3.79. The Labute approximate surface area is 122 Å². The lowest BCUT2D eigenvalue weighted by Gasteiger charge is -2.11. The van der Waals surface area contributed by atoms with Crippen molar-refractivity contribution in [2.75, 3.05) is 26.9 Å². The van der Waals surface area contributed by atoms with E-state index in [4.69, 9.17) is 14.7 Å². The molecule has 6 nitrogen and oxygen atoms in total. The third-order valence-electron chi connectivity index (χ3n) is 2.69. The molecule has 0 saturated heterocycles. The first-order chi connectivity index (χ1) is 10.1. The van der Waals surface area contributed by atoms with Gasteiger partial charge in [0.15, 0.2) is 6.61 Å². The van der Waals surface area contributed by atoms with Gasteiger partial charge < -0.3 is 20.0 Å². The van der Waals surface area contributed by atoms with Gasteiger partial charge in [-0.25, -0.2) is 4.39 Å². The Morgan fingerprint density at radius 1 is 1.48 bits per heavy atom. The van der Waals surface area contributed by atoms with Crippen LogP contribution in [0.1, 0.15) is 18.9 Å². The molecule has 0 aliphatic carbocycles. The number of hydrogen-bond acceptors (Lipinski definition) is 5. The van der Waals surface area contributed by atoms with Crippen molar-refractivity contribution in [2.45, 2.75) is 13.3 Å². The summed E-state index contributed by atoms with van der Waals surface area (Å²) >= 11 is 0. The predicted molar refractivity (Wildman–Crippen MR) is 75.4 cm³/mol. The van der Waals surface area contributed by atoms with Crippen molar-refractivity contribution >= 4 is 11.6 Å². The summed E-state index contributed by atoms with van der Waals surface area (Å²) < 4.78 is 23.4. The van der Waals surface area contributed by atoms with Crippen molar-refractivity contribution in [1.82, 2.24) is 5.32 Å². The number of benzene rings is 1. The number of amides is 1. The Balaban J connectivity index is 2.58. The lowest BCUT2D eigenvalue weighted by molar-refractivity contribution is -0.123. The second-order valence-corrected chi connectivity index (χ2v) is 4.31. The lowest BCUT2D eigenvalue weighted by atomic mass is 10.1. The first kappa shape index (κ1) is 16.9. The summed E-state index contributed by atoms with van der Waals surface area (Å²) in [7, 11) is 1.58. The third-order valence-corrected chi connectivity index (χ3v) is 2.69. The third kappa shape index (κ3) is 5.78. The number of carbonyl (C=O) groups is 1. The summed E-state index contributed by atoms with van der Waals surface area (Å²) in [6.07, 6.45) is 0.698. The summed E-state index contributed by atoms with van der Waals surface area (Å²) in [5, 5.41) is 14.5. The molecule has 2 N–H and O–H groups in total. The summed E-state index contributed by atoms with van der Waals surface area (Å²) in [5.74, 6) is -0.669. The lowest BCUT2D eigenvalue weighted by Crippen LogP contribution is -2.30. The topological polar surface area (TPSA) is 80.2 Å². The predicted octanol–water partition coefficient (Wildman–Crippen LogP) is 1.56. The van der Waals surface area contributed by atoms with Gasteiger partial charge in [0, 0.05) is 31.9 Å². The first-order valence-electron chi connectivity index (χ1n) is 6.45. The molecule has 0 aromatic heterocycles. The van der Waals surface area contributed by atoms with E-state index in [1.54, 1.807) is 14.0 Å². The molecule has 0 atom stereocenters. The molecular weight excluding hydrogens is 279 g/mol. The Hall–Kier alpha value is -2.15. The Morgan fingerprint density at radius 3 is 2.90 bits per heavy atom. The highest BCUT2D eigenvalue weighted by molar-refractivity contribution is 6.00. The molecule has 0 radical (unpaired) electrons. The van der Waals surface area contributed by atoms with Crippen LogP contribution in [-0.4, -0.2) is 43.7 Å². The number of nitrogens with one attached hydrogen (secondary N) is 1. The van der Waals surface area contributed by atoms with E-state index in [1.807, 2.05) is 0 Å². The average molecular weight is 298 g/mol. The van der Waals surface area contributed by atoms with E-state index < -0.39 is 5.82 Å². The van der Waals surface area contributed by atoms with E-state index in [0.29, 0.717) is 25.1 Å². The van der Waals surface area contributed by atoms with Crippen LogP contribution in [0.5, 0.6) is 5.75 Å². The maximum Gasteiger partial charge on any atom is 0.257 e. The molecule has 0 aliphatic rings. The van der Waals surface area contributed by atoms with Gasteiger partial charge in [-0.3, -0.25) is 4.79 Å². The minimum atomic E-state index is -0.500. The second kappa shape index (κ2) is 8.91. The molecule has 0 aliphatic heterocycles. The highest BCUT2D eigenvalue weighted by Gasteiger charge is 2.11. The molecule has 0 heterocycles. The van der Waals surface area contributed by atoms with Crippen LogP contribution in [0, 0.1) is 5.82 Å². The highest BCUT2D eigenvalue weighted by atomic mass is 19.1. The van der Waals surface area contributed by atoms with E-state index in [9.17, 15) is 9.18 Å². The van der Waals surface area contributed by atoms with Crippen LogP contribution in [0.3, 0.4) is 0 Å². The van der Waals surface area contributed by atoms with E-state index in [0.717, 1.165) is 6.07 Å². The molecule has 1 aromatic carbocycles. The van der Waals surface area contributed by atoms with E-state index in [-0.39, 0.29) is 24.0 Å². The van der Waals surface area contributed by atoms with Crippen LogP contribution in [0.2, 0.25) is 0 Å². The van der Waals surface area contributed by atoms with Gasteiger partial charge in [0.1, 0.15) is 11.6 Å². The molecule has 1 amide bonds. The van der Waals surface area contributed by atoms with Gasteiger partial charge >= 0.3 is 0 Å².